The van der Waals surface area contributed by atoms with E-state index in [1.54, 1.807) is 29.2 Å². The summed E-state index contributed by atoms with van der Waals surface area (Å²) in [5.74, 6) is -0.677. The molecule has 2 aromatic rings. The third kappa shape index (κ3) is 3.57. The molecule has 2 saturated heterocycles. The Bertz CT molecular complexity index is 1050. The Morgan fingerprint density at radius 2 is 1.84 bits per heavy atom. The molecule has 160 valence electrons. The van der Waals surface area contributed by atoms with Crippen LogP contribution in [0, 0.1) is 0 Å². The molecule has 9 nitrogen and oxygen atoms in total. The van der Waals surface area contributed by atoms with Crippen LogP contribution in [0.25, 0.3) is 0 Å². The van der Waals surface area contributed by atoms with Crippen molar-refractivity contribution >= 4 is 40.2 Å². The molecule has 0 spiro atoms. The van der Waals surface area contributed by atoms with Gasteiger partial charge in [0.1, 0.15) is 11.1 Å². The minimum Gasteiger partial charge on any atom is -0.442 e. The summed E-state index contributed by atoms with van der Waals surface area (Å²) < 4.78 is 5.44. The Labute approximate surface area is 182 Å². The average Bonchev–Trinajstić information content (AvgIpc) is 3.44. The van der Waals surface area contributed by atoms with Gasteiger partial charge in [0.15, 0.2) is 0 Å². The van der Waals surface area contributed by atoms with E-state index < -0.39 is 12.2 Å². The van der Waals surface area contributed by atoms with Gasteiger partial charge >= 0.3 is 6.09 Å². The maximum absolute atomic E-state index is 12.6. The number of fused-ring (bicyclic) bond motifs is 1. The van der Waals surface area contributed by atoms with Crippen molar-refractivity contribution in [3.05, 3.63) is 52.4 Å². The lowest BCUT2D eigenvalue weighted by Crippen LogP contribution is -2.47. The highest BCUT2D eigenvalue weighted by Gasteiger charge is 2.41. The van der Waals surface area contributed by atoms with Crippen LogP contribution in [0.4, 0.5) is 9.80 Å². The molecular weight excluding hydrogens is 420 g/mol. The number of ether oxygens (including phenoxy) is 1. The second-order valence-electron chi connectivity index (χ2n) is 7.67. The number of benzene rings is 1. The van der Waals surface area contributed by atoms with Crippen LogP contribution in [0.5, 0.6) is 0 Å². The van der Waals surface area contributed by atoms with Gasteiger partial charge in [-0.1, -0.05) is 12.1 Å². The van der Waals surface area contributed by atoms with Gasteiger partial charge in [0.2, 0.25) is 5.91 Å². The van der Waals surface area contributed by atoms with Crippen LogP contribution in [-0.2, 0) is 16.1 Å². The van der Waals surface area contributed by atoms with Crippen LogP contribution in [-0.4, -0.2) is 72.4 Å². The number of nitrogens with zero attached hydrogens (tertiary/aromatic N) is 3. The maximum atomic E-state index is 12.6. The fourth-order valence-electron chi connectivity index (χ4n) is 4.03. The van der Waals surface area contributed by atoms with Gasteiger partial charge in [-0.2, -0.15) is 0 Å². The number of cyclic esters (lactones) is 1. The molecule has 31 heavy (non-hydrogen) atoms. The van der Waals surface area contributed by atoms with Crippen molar-refractivity contribution in [2.45, 2.75) is 12.6 Å². The first-order chi connectivity index (χ1) is 15.0. The van der Waals surface area contributed by atoms with Gasteiger partial charge in [-0.15, -0.1) is 11.3 Å². The molecule has 1 atom stereocenters. The van der Waals surface area contributed by atoms with Gasteiger partial charge in [0.05, 0.1) is 30.8 Å². The van der Waals surface area contributed by atoms with E-state index >= 15 is 0 Å². The van der Waals surface area contributed by atoms with Crippen molar-refractivity contribution in [3.63, 3.8) is 0 Å². The second-order valence-corrected chi connectivity index (χ2v) is 8.56. The Hall–Kier alpha value is -3.24. The third-order valence-electron chi connectivity index (χ3n) is 5.61. The average molecular weight is 440 g/mol. The summed E-state index contributed by atoms with van der Waals surface area (Å²) in [5, 5.41) is 5.68. The summed E-state index contributed by atoms with van der Waals surface area (Å²) in [4.78, 5) is 54.0. The van der Waals surface area contributed by atoms with Gasteiger partial charge in [0.25, 0.3) is 11.8 Å². The molecule has 0 radical (unpaired) electrons. The lowest BCUT2D eigenvalue weighted by atomic mass is 10.1. The van der Waals surface area contributed by atoms with Gasteiger partial charge in [-0.3, -0.25) is 24.2 Å². The molecule has 3 aliphatic heterocycles. The molecule has 0 saturated carbocycles. The molecule has 10 heteroatoms. The largest absolute Gasteiger partial charge is 0.442 e. The molecular formula is C21H20N4O5S. The van der Waals surface area contributed by atoms with E-state index in [0.29, 0.717) is 35.8 Å². The van der Waals surface area contributed by atoms with Crippen molar-refractivity contribution < 1.29 is 23.9 Å². The lowest BCUT2D eigenvalue weighted by molar-refractivity contribution is -0.132. The molecule has 4 heterocycles. The third-order valence-corrected chi connectivity index (χ3v) is 6.61. The number of nitrogens with one attached hydrogen (secondary N) is 1. The first kappa shape index (κ1) is 19.7. The number of carbonyl (C=O) groups excluding carboxylic acids is 4. The quantitative estimate of drug-likeness (QED) is 0.704. The zero-order valence-corrected chi connectivity index (χ0v) is 17.4. The molecule has 4 amide bonds. The zero-order valence-electron chi connectivity index (χ0n) is 16.6. The zero-order chi connectivity index (χ0) is 21.5. The van der Waals surface area contributed by atoms with Gasteiger partial charge in [-0.05, 0) is 29.1 Å². The first-order valence-electron chi connectivity index (χ1n) is 10.0. The second kappa shape index (κ2) is 7.78. The minimum absolute atomic E-state index is 0.0160. The standard InChI is InChI=1S/C21H20N4O5S/c26-17-8-22-5-6-23(17)9-13-7-18(31-12-13)24-10-14(30-21(24)29)11-25-19(27)15-3-1-2-4-16(15)20(25)28/h1-4,7,12,14,22H,5-6,8-11H2/t14-/m1/s1. The van der Waals surface area contributed by atoms with Crippen molar-refractivity contribution in [2.24, 2.45) is 0 Å². The number of hydrogen-bond acceptors (Lipinski definition) is 7. The normalized spacial score (nSPS) is 21.2. The molecule has 1 aromatic heterocycles. The summed E-state index contributed by atoms with van der Waals surface area (Å²) in [6.45, 7) is 2.52. The molecule has 2 fully saturated rings. The first-order valence-corrected chi connectivity index (χ1v) is 10.9. The van der Waals surface area contributed by atoms with E-state index in [2.05, 4.69) is 5.32 Å². The topological polar surface area (TPSA) is 99.3 Å². The predicted molar refractivity (Wildman–Crippen MR) is 112 cm³/mol. The minimum atomic E-state index is -0.602. The summed E-state index contributed by atoms with van der Waals surface area (Å²) in [7, 11) is 0. The van der Waals surface area contributed by atoms with Gasteiger partial charge in [-0.25, -0.2) is 4.79 Å². The number of carbonyl (C=O) groups is 4. The number of rotatable bonds is 5. The van der Waals surface area contributed by atoms with E-state index in [4.69, 9.17) is 4.74 Å². The van der Waals surface area contributed by atoms with Crippen LogP contribution in [0.2, 0.25) is 0 Å². The van der Waals surface area contributed by atoms with E-state index in [0.717, 1.165) is 17.0 Å². The molecule has 3 aliphatic rings. The SMILES string of the molecule is O=C1CNCCN1Cc1csc(N2C[C@H](CN3C(=O)c4ccccc4C3=O)OC2=O)c1. The summed E-state index contributed by atoms with van der Waals surface area (Å²) >= 11 is 1.40. The van der Waals surface area contributed by atoms with E-state index in [9.17, 15) is 19.2 Å². The molecule has 5 rings (SSSR count). The van der Waals surface area contributed by atoms with E-state index in [1.165, 1.54) is 16.2 Å². The van der Waals surface area contributed by atoms with Crippen molar-refractivity contribution in [1.82, 2.24) is 15.1 Å². The van der Waals surface area contributed by atoms with Crippen LogP contribution < -0.4 is 10.2 Å². The summed E-state index contributed by atoms with van der Waals surface area (Å²) in [6.07, 6.45) is -1.11. The molecule has 0 aliphatic carbocycles. The number of amides is 4. The van der Waals surface area contributed by atoms with Crippen LogP contribution >= 0.6 is 11.3 Å². The Morgan fingerprint density at radius 3 is 2.55 bits per heavy atom. The smallest absolute Gasteiger partial charge is 0.415 e. The fourth-order valence-corrected chi connectivity index (χ4v) is 4.94. The number of thiophene rings is 1. The number of piperazine rings is 1. The maximum Gasteiger partial charge on any atom is 0.415 e. The molecule has 0 bridgehead atoms. The lowest BCUT2D eigenvalue weighted by Gasteiger charge is -2.26. The van der Waals surface area contributed by atoms with Gasteiger partial charge < -0.3 is 15.0 Å². The Morgan fingerprint density at radius 1 is 1.10 bits per heavy atom. The molecule has 1 aromatic carbocycles. The monoisotopic (exact) mass is 440 g/mol. The van der Waals surface area contributed by atoms with Crippen LogP contribution in [0.15, 0.2) is 35.7 Å². The highest BCUT2D eigenvalue weighted by atomic mass is 32.1. The fraction of sp³-hybridized carbons (Fsp3) is 0.333. The van der Waals surface area contributed by atoms with Crippen LogP contribution in [0.1, 0.15) is 26.3 Å². The summed E-state index contributed by atoms with van der Waals surface area (Å²) in [5.41, 5.74) is 1.70. The van der Waals surface area contributed by atoms with Crippen molar-refractivity contribution in [3.8, 4) is 0 Å². The molecule has 0 unspecified atom stereocenters. The van der Waals surface area contributed by atoms with E-state index in [-0.39, 0.29) is 30.8 Å². The van der Waals surface area contributed by atoms with Crippen molar-refractivity contribution in [1.29, 1.82) is 0 Å². The molecule has 1 N–H and O–H groups in total. The van der Waals surface area contributed by atoms with Crippen molar-refractivity contribution in [2.75, 3.05) is 37.6 Å². The van der Waals surface area contributed by atoms with Gasteiger partial charge in [0, 0.05) is 19.6 Å². The predicted octanol–water partition coefficient (Wildman–Crippen LogP) is 1.30. The highest BCUT2D eigenvalue weighted by molar-refractivity contribution is 7.14. The van der Waals surface area contributed by atoms with Crippen LogP contribution in [0.3, 0.4) is 0 Å². The number of hydrogen-bond donors (Lipinski definition) is 1. The number of imide groups is 1. The summed E-state index contributed by atoms with van der Waals surface area (Å²) in [6, 6.07) is 8.56. The Kier molecular flexibility index (Phi) is 4.95. The van der Waals surface area contributed by atoms with E-state index in [1.807, 2.05) is 11.4 Å². The highest BCUT2D eigenvalue weighted by Crippen LogP contribution is 2.31. The number of anilines is 1. The Balaban J connectivity index is 1.24.